The normalized spacial score (nSPS) is 11.3. The van der Waals surface area contributed by atoms with Crippen molar-refractivity contribution in [3.8, 4) is 11.5 Å². The Morgan fingerprint density at radius 1 is 0.500 bits per heavy atom. The second kappa shape index (κ2) is 22.2. The molecule has 2 aromatic carbocycles. The molecule has 5 nitrogen and oxygen atoms in total. The standard InChI is InChI=1S/C37H50O5/c1-3-5-7-9-11-13-15-17-36(39)41-34-27-21-31(22-28-34)19-25-33(38)26-20-32-23-29-35(30-24-32)42-37(40)18-16-14-12-10-8-6-4-2/h19-30H,3-18H2,1-2H3/b25-19+,26-20+. The maximum absolute atomic E-state index is 12.3. The van der Waals surface area contributed by atoms with Gasteiger partial charge in [0.05, 0.1) is 0 Å². The predicted octanol–water partition coefficient (Wildman–Crippen LogP) is 10.1. The van der Waals surface area contributed by atoms with E-state index in [1.165, 1.54) is 76.4 Å². The van der Waals surface area contributed by atoms with Gasteiger partial charge in [-0.3, -0.25) is 14.4 Å². The van der Waals surface area contributed by atoms with Crippen LogP contribution in [0.3, 0.4) is 0 Å². The fraction of sp³-hybridized carbons (Fsp3) is 0.486. The van der Waals surface area contributed by atoms with Crippen LogP contribution in [0.25, 0.3) is 12.2 Å². The van der Waals surface area contributed by atoms with E-state index in [-0.39, 0.29) is 17.7 Å². The van der Waals surface area contributed by atoms with Gasteiger partial charge in [-0.1, -0.05) is 127 Å². The molecule has 0 heterocycles. The van der Waals surface area contributed by atoms with Crippen LogP contribution in [0, 0.1) is 0 Å². The highest BCUT2D eigenvalue weighted by atomic mass is 16.5. The Balaban J connectivity index is 1.66. The largest absolute Gasteiger partial charge is 0.427 e. The third-order valence-electron chi connectivity index (χ3n) is 7.07. The van der Waals surface area contributed by atoms with Crippen molar-refractivity contribution in [3.63, 3.8) is 0 Å². The fourth-order valence-electron chi connectivity index (χ4n) is 4.52. The van der Waals surface area contributed by atoms with Crippen molar-refractivity contribution >= 4 is 29.9 Å². The van der Waals surface area contributed by atoms with Gasteiger partial charge in [-0.15, -0.1) is 0 Å². The number of ether oxygens (including phenoxy) is 2. The molecular weight excluding hydrogens is 524 g/mol. The minimum Gasteiger partial charge on any atom is -0.427 e. The monoisotopic (exact) mass is 574 g/mol. The van der Waals surface area contributed by atoms with Crippen LogP contribution in [0.15, 0.2) is 60.7 Å². The molecule has 0 N–H and O–H groups in total. The number of esters is 2. The molecule has 0 unspecified atom stereocenters. The number of unbranched alkanes of at least 4 members (excludes halogenated alkanes) is 12. The summed E-state index contributed by atoms with van der Waals surface area (Å²) >= 11 is 0. The molecule has 0 bridgehead atoms. The van der Waals surface area contributed by atoms with Crippen molar-refractivity contribution in [3.05, 3.63) is 71.8 Å². The number of ketones is 1. The van der Waals surface area contributed by atoms with E-state index in [9.17, 15) is 14.4 Å². The summed E-state index contributed by atoms with van der Waals surface area (Å²) in [6, 6.07) is 14.2. The van der Waals surface area contributed by atoms with Crippen molar-refractivity contribution in [2.75, 3.05) is 0 Å². The number of allylic oxidation sites excluding steroid dienone is 2. The highest BCUT2D eigenvalue weighted by molar-refractivity contribution is 6.04. The molecule has 2 rings (SSSR count). The van der Waals surface area contributed by atoms with Crippen LogP contribution in [0.5, 0.6) is 11.5 Å². The highest BCUT2D eigenvalue weighted by Crippen LogP contribution is 2.17. The zero-order valence-electron chi connectivity index (χ0n) is 25.8. The summed E-state index contributed by atoms with van der Waals surface area (Å²) in [7, 11) is 0. The summed E-state index contributed by atoms with van der Waals surface area (Å²) in [6.45, 7) is 4.41. The van der Waals surface area contributed by atoms with Crippen LogP contribution < -0.4 is 9.47 Å². The first-order valence-corrected chi connectivity index (χ1v) is 16.0. The second-order valence-electron chi connectivity index (χ2n) is 10.9. The van der Waals surface area contributed by atoms with Crippen LogP contribution in [0.4, 0.5) is 0 Å². The van der Waals surface area contributed by atoms with Gasteiger partial charge < -0.3 is 9.47 Å². The Morgan fingerprint density at radius 3 is 1.19 bits per heavy atom. The van der Waals surface area contributed by atoms with Gasteiger partial charge in [0.15, 0.2) is 5.78 Å². The van der Waals surface area contributed by atoms with Crippen molar-refractivity contribution in [1.29, 1.82) is 0 Å². The van der Waals surface area contributed by atoms with Crippen molar-refractivity contribution < 1.29 is 23.9 Å². The lowest BCUT2D eigenvalue weighted by molar-refractivity contribution is -0.135. The van der Waals surface area contributed by atoms with Gasteiger partial charge in [0.1, 0.15) is 11.5 Å². The zero-order valence-corrected chi connectivity index (χ0v) is 25.8. The first kappa shape index (κ1) is 34.7. The number of rotatable bonds is 22. The Labute approximate surface area is 253 Å². The minimum atomic E-state index is -0.207. The highest BCUT2D eigenvalue weighted by Gasteiger charge is 2.06. The number of benzene rings is 2. The van der Waals surface area contributed by atoms with Crippen molar-refractivity contribution in [2.45, 2.75) is 117 Å². The Morgan fingerprint density at radius 2 is 0.833 bits per heavy atom. The Bertz CT molecular complexity index is 1010. The van der Waals surface area contributed by atoms with Crippen LogP contribution in [-0.2, 0) is 14.4 Å². The SMILES string of the molecule is CCCCCCCCCC(=O)Oc1ccc(/C=C/C(=O)/C=C/c2ccc(OC(=O)CCCCCCCCC)cc2)cc1. The first-order valence-electron chi connectivity index (χ1n) is 16.0. The molecule has 42 heavy (non-hydrogen) atoms. The van der Waals surface area contributed by atoms with Crippen molar-refractivity contribution in [2.24, 2.45) is 0 Å². The fourth-order valence-corrected chi connectivity index (χ4v) is 4.52. The molecule has 0 atom stereocenters. The summed E-state index contributed by atoms with van der Waals surface area (Å²) in [4.78, 5) is 36.4. The lowest BCUT2D eigenvalue weighted by Gasteiger charge is -2.05. The average Bonchev–Trinajstić information content (AvgIpc) is 2.99. The van der Waals surface area contributed by atoms with E-state index >= 15 is 0 Å². The molecule has 0 saturated carbocycles. The number of carbonyl (C=O) groups excluding carboxylic acids is 3. The molecule has 0 fully saturated rings. The van der Waals surface area contributed by atoms with Gasteiger partial charge in [-0.05, 0) is 60.4 Å². The van der Waals surface area contributed by atoms with E-state index in [1.54, 1.807) is 36.4 Å². The molecule has 0 radical (unpaired) electrons. The van der Waals surface area contributed by atoms with Gasteiger partial charge in [0.25, 0.3) is 0 Å². The molecule has 0 saturated heterocycles. The minimum absolute atomic E-state index is 0.148. The predicted molar refractivity (Wildman–Crippen MR) is 172 cm³/mol. The lowest BCUT2D eigenvalue weighted by Crippen LogP contribution is -2.07. The smallest absolute Gasteiger partial charge is 0.311 e. The molecule has 0 aliphatic heterocycles. The van der Waals surface area contributed by atoms with E-state index in [2.05, 4.69) is 13.8 Å². The molecule has 0 amide bonds. The molecule has 5 heteroatoms. The van der Waals surface area contributed by atoms with E-state index in [0.29, 0.717) is 24.3 Å². The summed E-state index contributed by atoms with van der Waals surface area (Å²) < 4.78 is 10.9. The van der Waals surface area contributed by atoms with E-state index < -0.39 is 0 Å². The lowest BCUT2D eigenvalue weighted by atomic mass is 10.1. The van der Waals surface area contributed by atoms with E-state index in [4.69, 9.17) is 9.47 Å². The van der Waals surface area contributed by atoms with Crippen LogP contribution in [-0.4, -0.2) is 17.7 Å². The van der Waals surface area contributed by atoms with Gasteiger partial charge in [0.2, 0.25) is 0 Å². The number of hydrogen-bond donors (Lipinski definition) is 0. The molecular formula is C37H50O5. The summed E-state index contributed by atoms with van der Waals surface area (Å²) in [5.41, 5.74) is 1.68. The first-order chi connectivity index (χ1) is 20.5. The molecule has 0 aromatic heterocycles. The van der Waals surface area contributed by atoms with Crippen LogP contribution in [0.2, 0.25) is 0 Å². The quantitative estimate of drug-likeness (QED) is 0.0605. The van der Waals surface area contributed by atoms with Crippen molar-refractivity contribution in [1.82, 2.24) is 0 Å². The molecule has 0 aliphatic carbocycles. The zero-order chi connectivity index (χ0) is 30.3. The average molecular weight is 575 g/mol. The number of carbonyl (C=O) groups is 3. The summed E-state index contributed by atoms with van der Waals surface area (Å²) in [5.74, 6) is 0.464. The molecule has 2 aromatic rings. The van der Waals surface area contributed by atoms with E-state index in [1.807, 2.05) is 24.3 Å². The number of hydrogen-bond acceptors (Lipinski definition) is 5. The Kier molecular flexibility index (Phi) is 18.3. The third-order valence-corrected chi connectivity index (χ3v) is 7.07. The van der Waals surface area contributed by atoms with E-state index in [0.717, 1.165) is 36.8 Å². The van der Waals surface area contributed by atoms with Gasteiger partial charge in [0, 0.05) is 12.8 Å². The molecule has 228 valence electrons. The van der Waals surface area contributed by atoms with Crippen LogP contribution in [0.1, 0.15) is 128 Å². The Hall–Kier alpha value is -3.47. The molecule has 0 spiro atoms. The van der Waals surface area contributed by atoms with Gasteiger partial charge >= 0.3 is 11.9 Å². The topological polar surface area (TPSA) is 69.7 Å². The maximum atomic E-state index is 12.3. The van der Waals surface area contributed by atoms with Crippen LogP contribution >= 0.6 is 0 Å². The summed E-state index contributed by atoms with van der Waals surface area (Å²) in [6.07, 6.45) is 23.6. The maximum Gasteiger partial charge on any atom is 0.311 e. The third kappa shape index (κ3) is 16.7. The second-order valence-corrected chi connectivity index (χ2v) is 10.9. The molecule has 0 aliphatic rings. The van der Waals surface area contributed by atoms with Gasteiger partial charge in [-0.25, -0.2) is 0 Å². The summed E-state index contributed by atoms with van der Waals surface area (Å²) in [5, 5.41) is 0. The van der Waals surface area contributed by atoms with Gasteiger partial charge in [-0.2, -0.15) is 0 Å².